The lowest BCUT2D eigenvalue weighted by molar-refractivity contribution is -0.115. The maximum Gasteiger partial charge on any atom is 0.239 e. The average molecular weight is 455 g/mol. The van der Waals surface area contributed by atoms with Crippen molar-refractivity contribution in [2.45, 2.75) is 24.3 Å². The van der Waals surface area contributed by atoms with E-state index in [0.717, 1.165) is 16.7 Å². The number of amides is 1. The minimum Gasteiger partial charge on any atom is -0.335 e. The zero-order valence-electron chi connectivity index (χ0n) is 16.7. The van der Waals surface area contributed by atoms with Crippen LogP contribution in [-0.4, -0.2) is 31.0 Å². The topological polar surface area (TPSA) is 98.7 Å². The lowest BCUT2D eigenvalue weighted by atomic mass is 10.1. The van der Waals surface area contributed by atoms with Crippen LogP contribution in [0.2, 0.25) is 0 Å². The Morgan fingerprint density at radius 1 is 1.13 bits per heavy atom. The summed E-state index contributed by atoms with van der Waals surface area (Å²) in [5, 5.41) is 13.3. The van der Waals surface area contributed by atoms with Gasteiger partial charge in [-0.05, 0) is 38.1 Å². The van der Waals surface area contributed by atoms with Gasteiger partial charge in [-0.15, -0.1) is 21.5 Å². The van der Waals surface area contributed by atoms with E-state index in [0.29, 0.717) is 21.8 Å². The Hall–Kier alpha value is -3.24. The molecule has 0 aliphatic heterocycles. The maximum absolute atomic E-state index is 13.1. The molecule has 2 heterocycles. The predicted octanol–water partition coefficient (Wildman–Crippen LogP) is 4.35. The van der Waals surface area contributed by atoms with Crippen LogP contribution in [0.4, 0.5) is 9.52 Å². The number of rotatable bonds is 6. The molecule has 1 atom stereocenters. The summed E-state index contributed by atoms with van der Waals surface area (Å²) < 4.78 is 14.5. The van der Waals surface area contributed by atoms with Crippen molar-refractivity contribution in [3.8, 4) is 22.6 Å². The number of hydrogen-bond donors (Lipinski definition) is 2. The molecular formula is C21H19FN6OS2. The zero-order chi connectivity index (χ0) is 22.0. The molecule has 0 spiro atoms. The van der Waals surface area contributed by atoms with Crippen molar-refractivity contribution in [3.63, 3.8) is 0 Å². The third-order valence-corrected chi connectivity index (χ3v) is 6.31. The molecular weight excluding hydrogens is 435 g/mol. The summed E-state index contributed by atoms with van der Waals surface area (Å²) in [6.45, 7) is 3.76. The second kappa shape index (κ2) is 8.86. The summed E-state index contributed by atoms with van der Waals surface area (Å²) in [5.41, 5.74) is 3.43. The summed E-state index contributed by atoms with van der Waals surface area (Å²) in [6, 6.07) is 13.8. The van der Waals surface area contributed by atoms with Crippen LogP contribution in [0.3, 0.4) is 0 Å². The highest BCUT2D eigenvalue weighted by molar-refractivity contribution is 8.00. The van der Waals surface area contributed by atoms with Gasteiger partial charge in [0.1, 0.15) is 5.82 Å². The molecule has 0 fully saturated rings. The van der Waals surface area contributed by atoms with Gasteiger partial charge in [0.2, 0.25) is 11.1 Å². The van der Waals surface area contributed by atoms with E-state index in [4.69, 9.17) is 5.84 Å². The van der Waals surface area contributed by atoms with Gasteiger partial charge in [0.05, 0.1) is 10.9 Å². The van der Waals surface area contributed by atoms with E-state index >= 15 is 0 Å². The molecule has 1 amide bonds. The highest BCUT2D eigenvalue weighted by Crippen LogP contribution is 2.28. The molecule has 0 aliphatic rings. The number of nitrogens with zero attached hydrogens (tertiary/aromatic N) is 4. The van der Waals surface area contributed by atoms with Crippen molar-refractivity contribution in [1.82, 2.24) is 19.9 Å². The number of carbonyl (C=O) groups excluding carboxylic acids is 1. The standard InChI is InChI=1S/C21H19FN6OS2/c1-12-3-5-15(6-4-12)18-26-27-21(28(18)23)31-13(2)19(29)25-20-24-17(11-30-20)14-7-9-16(22)10-8-14/h3-11,13H,23H2,1-2H3,(H,24,25,29). The summed E-state index contributed by atoms with van der Waals surface area (Å²) in [7, 11) is 0. The molecule has 3 N–H and O–H groups in total. The molecule has 0 aliphatic carbocycles. The fraction of sp³-hybridized carbons (Fsp3) is 0.143. The number of benzene rings is 2. The molecule has 0 saturated heterocycles. The van der Waals surface area contributed by atoms with Crippen LogP contribution in [0.15, 0.2) is 59.1 Å². The zero-order valence-corrected chi connectivity index (χ0v) is 18.4. The molecule has 10 heteroatoms. The van der Waals surface area contributed by atoms with E-state index in [1.165, 1.54) is 39.9 Å². The number of thiazole rings is 1. The molecule has 4 rings (SSSR count). The minimum atomic E-state index is -0.476. The van der Waals surface area contributed by atoms with Crippen molar-refractivity contribution in [2.24, 2.45) is 0 Å². The molecule has 0 saturated carbocycles. The summed E-state index contributed by atoms with van der Waals surface area (Å²) in [5.74, 6) is 6.14. The van der Waals surface area contributed by atoms with E-state index in [2.05, 4.69) is 20.5 Å². The highest BCUT2D eigenvalue weighted by atomic mass is 32.2. The Kier molecular flexibility index (Phi) is 6.01. The number of thioether (sulfide) groups is 1. The SMILES string of the molecule is Cc1ccc(-c2nnc(SC(C)C(=O)Nc3nc(-c4ccc(F)cc4)cs3)n2N)cc1. The van der Waals surface area contributed by atoms with E-state index in [1.807, 2.05) is 36.6 Å². The Balaban J connectivity index is 1.41. The summed E-state index contributed by atoms with van der Waals surface area (Å²) >= 11 is 2.51. The Morgan fingerprint density at radius 3 is 2.52 bits per heavy atom. The van der Waals surface area contributed by atoms with E-state index in [9.17, 15) is 9.18 Å². The Morgan fingerprint density at radius 2 is 1.81 bits per heavy atom. The van der Waals surface area contributed by atoms with Gasteiger partial charge in [0.15, 0.2) is 11.0 Å². The quantitative estimate of drug-likeness (QED) is 0.332. The first-order valence-electron chi connectivity index (χ1n) is 9.37. The number of nitrogens with two attached hydrogens (primary N) is 1. The summed E-state index contributed by atoms with van der Waals surface area (Å²) in [4.78, 5) is 17.0. The third kappa shape index (κ3) is 4.75. The number of aromatic nitrogens is 4. The van der Waals surface area contributed by atoms with Crippen molar-refractivity contribution in [2.75, 3.05) is 11.2 Å². The fourth-order valence-corrected chi connectivity index (χ4v) is 4.25. The van der Waals surface area contributed by atoms with Gasteiger partial charge >= 0.3 is 0 Å². The van der Waals surface area contributed by atoms with Crippen molar-refractivity contribution >= 4 is 34.1 Å². The van der Waals surface area contributed by atoms with Crippen LogP contribution in [0.1, 0.15) is 12.5 Å². The largest absolute Gasteiger partial charge is 0.335 e. The molecule has 0 radical (unpaired) electrons. The molecule has 2 aromatic heterocycles. The van der Waals surface area contributed by atoms with Gasteiger partial charge in [-0.2, -0.15) is 0 Å². The van der Waals surface area contributed by atoms with Crippen LogP contribution in [0, 0.1) is 12.7 Å². The first-order chi connectivity index (χ1) is 14.9. The minimum absolute atomic E-state index is 0.232. The van der Waals surface area contributed by atoms with E-state index in [1.54, 1.807) is 19.1 Å². The number of aryl methyl sites for hydroxylation is 1. The van der Waals surface area contributed by atoms with Crippen LogP contribution in [-0.2, 0) is 4.79 Å². The number of nitrogens with one attached hydrogen (secondary N) is 1. The van der Waals surface area contributed by atoms with E-state index in [-0.39, 0.29) is 11.7 Å². The first kappa shape index (κ1) is 21.0. The molecule has 0 bridgehead atoms. The van der Waals surface area contributed by atoms with Gasteiger partial charge in [0, 0.05) is 16.5 Å². The van der Waals surface area contributed by atoms with Gasteiger partial charge in [-0.25, -0.2) is 14.1 Å². The number of hydrogen-bond acceptors (Lipinski definition) is 7. The first-order valence-corrected chi connectivity index (χ1v) is 11.1. The normalized spacial score (nSPS) is 12.0. The van der Waals surface area contributed by atoms with Crippen molar-refractivity contribution in [3.05, 3.63) is 65.3 Å². The van der Waals surface area contributed by atoms with Crippen LogP contribution < -0.4 is 11.2 Å². The van der Waals surface area contributed by atoms with Crippen molar-refractivity contribution in [1.29, 1.82) is 0 Å². The Bertz CT molecular complexity index is 1200. The molecule has 1 unspecified atom stereocenters. The second-order valence-corrected chi connectivity index (χ2v) is 9.00. The van der Waals surface area contributed by atoms with Gasteiger partial charge in [-0.3, -0.25) is 4.79 Å². The molecule has 7 nitrogen and oxygen atoms in total. The number of nitrogen functional groups attached to an aromatic ring is 1. The van der Waals surface area contributed by atoms with E-state index < -0.39 is 5.25 Å². The van der Waals surface area contributed by atoms with Gasteiger partial charge < -0.3 is 11.2 Å². The highest BCUT2D eigenvalue weighted by Gasteiger charge is 2.21. The second-order valence-electron chi connectivity index (χ2n) is 6.84. The summed E-state index contributed by atoms with van der Waals surface area (Å²) in [6.07, 6.45) is 0. The molecule has 4 aromatic rings. The smallest absolute Gasteiger partial charge is 0.239 e. The van der Waals surface area contributed by atoms with Crippen LogP contribution >= 0.6 is 23.1 Å². The van der Waals surface area contributed by atoms with Crippen LogP contribution in [0.25, 0.3) is 22.6 Å². The number of carbonyl (C=O) groups is 1. The monoisotopic (exact) mass is 454 g/mol. The Labute approximate surface area is 186 Å². The van der Waals surface area contributed by atoms with Gasteiger partial charge in [-0.1, -0.05) is 41.6 Å². The molecule has 31 heavy (non-hydrogen) atoms. The van der Waals surface area contributed by atoms with Crippen molar-refractivity contribution < 1.29 is 9.18 Å². The predicted molar refractivity (Wildman–Crippen MR) is 122 cm³/mol. The molecule has 158 valence electrons. The van der Waals surface area contributed by atoms with Gasteiger partial charge in [0.25, 0.3) is 0 Å². The average Bonchev–Trinajstić information content (AvgIpc) is 3.36. The van der Waals surface area contributed by atoms with Crippen LogP contribution in [0.5, 0.6) is 0 Å². The fourth-order valence-electron chi connectivity index (χ4n) is 2.76. The third-order valence-electron chi connectivity index (χ3n) is 4.50. The lowest BCUT2D eigenvalue weighted by Gasteiger charge is -2.10. The maximum atomic E-state index is 13.1. The number of halogens is 1. The lowest BCUT2D eigenvalue weighted by Crippen LogP contribution is -2.23. The molecule has 2 aromatic carbocycles. The number of anilines is 1.